The van der Waals surface area contributed by atoms with Crippen molar-refractivity contribution in [1.82, 2.24) is 14.5 Å². The Balaban J connectivity index is 1.53. The summed E-state index contributed by atoms with van der Waals surface area (Å²) >= 11 is 0. The average molecular weight is 514 g/mol. The van der Waals surface area contributed by atoms with E-state index < -0.39 is 5.82 Å². The number of ether oxygens (including phenoxy) is 1. The molecular weight excluding hydrogens is 488 g/mol. The highest BCUT2D eigenvalue weighted by atomic mass is 19.1. The monoisotopic (exact) mass is 513 g/mol. The summed E-state index contributed by atoms with van der Waals surface area (Å²) in [4.78, 5) is 22.0. The molecule has 2 aromatic carbocycles. The second-order valence-electron chi connectivity index (χ2n) is 8.62. The molecule has 7 nitrogen and oxygen atoms in total. The number of nitrogens with zero attached hydrogens (tertiary/aromatic N) is 3. The number of hydrogen-bond acceptors (Lipinski definition) is 6. The van der Waals surface area contributed by atoms with E-state index in [1.807, 2.05) is 18.4 Å². The minimum absolute atomic E-state index is 0.0219. The molecule has 5 rings (SSSR count). The predicted octanol–water partition coefficient (Wildman–Crippen LogP) is 6.44. The zero-order chi connectivity index (χ0) is 26.8. The summed E-state index contributed by atoms with van der Waals surface area (Å²) in [7, 11) is 0. The Morgan fingerprint density at radius 1 is 0.974 bits per heavy atom. The summed E-state index contributed by atoms with van der Waals surface area (Å²) in [5.41, 5.74) is 8.40. The number of nitrogen functional groups attached to an aromatic ring is 1. The Morgan fingerprint density at radius 3 is 2.45 bits per heavy atom. The first-order chi connectivity index (χ1) is 18.4. The summed E-state index contributed by atoms with van der Waals surface area (Å²) in [6.45, 7) is 4.46. The summed E-state index contributed by atoms with van der Waals surface area (Å²) in [6, 6.07) is 13.5. The van der Waals surface area contributed by atoms with E-state index in [2.05, 4.69) is 15.3 Å². The normalized spacial score (nSPS) is 11.1. The molecule has 0 unspecified atom stereocenters. The fourth-order valence-corrected chi connectivity index (χ4v) is 4.38. The van der Waals surface area contributed by atoms with E-state index in [9.17, 15) is 9.18 Å². The topological polar surface area (TPSA) is 95.1 Å². The van der Waals surface area contributed by atoms with Crippen LogP contribution in [-0.4, -0.2) is 14.5 Å². The van der Waals surface area contributed by atoms with Crippen LogP contribution in [0.4, 0.5) is 26.1 Å². The van der Waals surface area contributed by atoms with Crippen molar-refractivity contribution in [2.75, 3.05) is 11.1 Å². The van der Waals surface area contributed by atoms with Crippen molar-refractivity contribution in [1.29, 1.82) is 0 Å². The van der Waals surface area contributed by atoms with Crippen LogP contribution in [0.2, 0.25) is 0 Å². The van der Waals surface area contributed by atoms with E-state index in [1.165, 1.54) is 30.5 Å². The number of hydrogen-bond donors (Lipinski definition) is 2. The van der Waals surface area contributed by atoms with Gasteiger partial charge in [-0.15, -0.1) is 0 Å². The smallest absolute Gasteiger partial charge is 0.200 e. The molecular formula is C29H25F2N5O2. The SMILES string of the molecule is CCc1c(Oc2ccc(Nc3nccc4c3c(=O)c(-c3ccc(F)cc3)cn4CC)cc2F)ccnc1N. The molecule has 0 fully saturated rings. The van der Waals surface area contributed by atoms with Gasteiger partial charge in [-0.25, -0.2) is 18.7 Å². The number of rotatable bonds is 7. The maximum Gasteiger partial charge on any atom is 0.200 e. The Hall–Kier alpha value is -4.79. The van der Waals surface area contributed by atoms with Crippen LogP contribution in [0.1, 0.15) is 19.4 Å². The molecule has 0 aliphatic heterocycles. The van der Waals surface area contributed by atoms with Crippen molar-refractivity contribution in [3.05, 3.63) is 101 Å². The van der Waals surface area contributed by atoms with Crippen molar-refractivity contribution >= 4 is 28.2 Å². The first-order valence-corrected chi connectivity index (χ1v) is 12.2. The minimum atomic E-state index is -0.606. The third-order valence-electron chi connectivity index (χ3n) is 6.31. The number of aryl methyl sites for hydroxylation is 1. The van der Waals surface area contributed by atoms with Crippen LogP contribution in [0.15, 0.2) is 78.0 Å². The lowest BCUT2D eigenvalue weighted by Gasteiger charge is -2.15. The molecule has 3 heterocycles. The van der Waals surface area contributed by atoms with Crippen molar-refractivity contribution in [3.8, 4) is 22.6 Å². The average Bonchev–Trinajstić information content (AvgIpc) is 2.91. The van der Waals surface area contributed by atoms with E-state index in [0.717, 1.165) is 0 Å². The molecule has 0 bridgehead atoms. The Labute approximate surface area is 217 Å². The molecule has 0 aliphatic rings. The molecule has 0 aliphatic carbocycles. The Bertz CT molecular complexity index is 1700. The van der Waals surface area contributed by atoms with E-state index >= 15 is 4.39 Å². The number of aromatic nitrogens is 3. The second kappa shape index (κ2) is 10.3. The van der Waals surface area contributed by atoms with Gasteiger partial charge in [0, 0.05) is 48.0 Å². The second-order valence-corrected chi connectivity index (χ2v) is 8.62. The molecule has 0 radical (unpaired) electrons. The van der Waals surface area contributed by atoms with Gasteiger partial charge in [0.05, 0.1) is 10.9 Å². The van der Waals surface area contributed by atoms with Gasteiger partial charge >= 0.3 is 0 Å². The van der Waals surface area contributed by atoms with Crippen LogP contribution in [0.5, 0.6) is 11.5 Å². The van der Waals surface area contributed by atoms with Gasteiger partial charge in [0.15, 0.2) is 11.6 Å². The molecule has 0 saturated carbocycles. The Kier molecular flexibility index (Phi) is 6.74. The maximum absolute atomic E-state index is 15.1. The first-order valence-electron chi connectivity index (χ1n) is 12.2. The highest BCUT2D eigenvalue weighted by Crippen LogP contribution is 2.32. The van der Waals surface area contributed by atoms with Crippen molar-refractivity contribution in [2.24, 2.45) is 0 Å². The maximum atomic E-state index is 15.1. The standard InChI is InChI=1S/C29H25F2N5O2/c1-3-20-24(12-14-33-28(20)32)38-25-10-9-19(15-22(25)31)35-29-26-23(11-13-34-29)36(4-2)16-21(27(26)37)17-5-7-18(30)8-6-17/h5-16H,3-4H2,1-2H3,(H2,32,33)(H,34,35). The quantitative estimate of drug-likeness (QED) is 0.260. The summed E-state index contributed by atoms with van der Waals surface area (Å²) in [5.74, 6) is 0.0793. The van der Waals surface area contributed by atoms with Gasteiger partial charge < -0.3 is 20.4 Å². The van der Waals surface area contributed by atoms with Crippen LogP contribution >= 0.6 is 0 Å². The highest BCUT2D eigenvalue weighted by molar-refractivity contribution is 5.93. The van der Waals surface area contributed by atoms with Crippen LogP contribution < -0.4 is 21.2 Å². The molecule has 38 heavy (non-hydrogen) atoms. The highest BCUT2D eigenvalue weighted by Gasteiger charge is 2.16. The zero-order valence-electron chi connectivity index (χ0n) is 20.8. The fraction of sp³-hybridized carbons (Fsp3) is 0.138. The van der Waals surface area contributed by atoms with Gasteiger partial charge in [0.2, 0.25) is 5.43 Å². The number of anilines is 3. The van der Waals surface area contributed by atoms with Gasteiger partial charge in [-0.1, -0.05) is 19.1 Å². The minimum Gasteiger partial charge on any atom is -0.454 e. The molecule has 9 heteroatoms. The lowest BCUT2D eigenvalue weighted by atomic mass is 10.0. The van der Waals surface area contributed by atoms with Gasteiger partial charge in [0.1, 0.15) is 23.2 Å². The van der Waals surface area contributed by atoms with Crippen LogP contribution in [0.3, 0.4) is 0 Å². The van der Waals surface area contributed by atoms with Crippen molar-refractivity contribution < 1.29 is 13.5 Å². The van der Waals surface area contributed by atoms with Crippen LogP contribution in [0.25, 0.3) is 22.0 Å². The lowest BCUT2D eigenvalue weighted by molar-refractivity contribution is 0.438. The fourth-order valence-electron chi connectivity index (χ4n) is 4.38. The third-order valence-corrected chi connectivity index (χ3v) is 6.31. The molecule has 192 valence electrons. The van der Waals surface area contributed by atoms with Gasteiger partial charge in [-0.05, 0) is 55.3 Å². The lowest BCUT2D eigenvalue weighted by Crippen LogP contribution is -2.14. The molecule has 0 atom stereocenters. The molecule has 0 saturated heterocycles. The number of benzene rings is 2. The molecule has 3 N–H and O–H groups in total. The predicted molar refractivity (Wildman–Crippen MR) is 145 cm³/mol. The third kappa shape index (κ3) is 4.66. The van der Waals surface area contributed by atoms with E-state index in [1.54, 1.807) is 42.7 Å². The molecule has 5 aromatic rings. The number of fused-ring (bicyclic) bond motifs is 1. The molecule has 0 amide bonds. The number of pyridine rings is 3. The molecule has 0 spiro atoms. The van der Waals surface area contributed by atoms with Crippen LogP contribution in [-0.2, 0) is 13.0 Å². The number of nitrogens with one attached hydrogen (secondary N) is 1. The van der Waals surface area contributed by atoms with Gasteiger partial charge in [0.25, 0.3) is 0 Å². The Morgan fingerprint density at radius 2 is 1.74 bits per heavy atom. The summed E-state index contributed by atoms with van der Waals surface area (Å²) < 4.78 is 36.3. The van der Waals surface area contributed by atoms with Crippen molar-refractivity contribution in [3.63, 3.8) is 0 Å². The van der Waals surface area contributed by atoms with E-state index in [-0.39, 0.29) is 22.8 Å². The van der Waals surface area contributed by atoms with E-state index in [4.69, 9.17) is 10.5 Å². The van der Waals surface area contributed by atoms with Gasteiger partial charge in [-0.3, -0.25) is 4.79 Å². The van der Waals surface area contributed by atoms with Crippen molar-refractivity contribution in [2.45, 2.75) is 26.8 Å². The number of nitrogens with two attached hydrogens (primary N) is 1. The zero-order valence-corrected chi connectivity index (χ0v) is 20.8. The molecule has 3 aromatic heterocycles. The summed E-state index contributed by atoms with van der Waals surface area (Å²) in [6.07, 6.45) is 5.43. The summed E-state index contributed by atoms with van der Waals surface area (Å²) in [5, 5.41) is 3.42. The van der Waals surface area contributed by atoms with Gasteiger partial charge in [-0.2, -0.15) is 0 Å². The largest absolute Gasteiger partial charge is 0.454 e. The van der Waals surface area contributed by atoms with Crippen LogP contribution in [0, 0.1) is 11.6 Å². The van der Waals surface area contributed by atoms with E-state index in [0.29, 0.717) is 57.8 Å². The first kappa shape index (κ1) is 24.9. The number of halogens is 2.